The number of nitrogens with zero attached hydrogens (tertiary/aromatic N) is 5. The van der Waals surface area contributed by atoms with Gasteiger partial charge in [-0.05, 0) is 61.9 Å². The molecule has 2 fully saturated rings. The summed E-state index contributed by atoms with van der Waals surface area (Å²) in [6, 6.07) is 28.8. The minimum absolute atomic E-state index is 0.0387. The van der Waals surface area contributed by atoms with Crippen molar-refractivity contribution >= 4 is 11.8 Å². The second-order valence-corrected chi connectivity index (χ2v) is 11.2. The number of likely N-dealkylation sites (tertiary alicyclic amines) is 2. The van der Waals surface area contributed by atoms with Crippen LogP contribution in [-0.4, -0.2) is 63.0 Å². The van der Waals surface area contributed by atoms with Crippen LogP contribution in [0.25, 0.3) is 11.4 Å². The van der Waals surface area contributed by atoms with E-state index in [1.54, 1.807) is 6.07 Å². The van der Waals surface area contributed by atoms with Gasteiger partial charge in [0.15, 0.2) is 12.4 Å². The van der Waals surface area contributed by atoms with E-state index in [1.165, 1.54) is 0 Å². The minimum atomic E-state index is -0.572. The van der Waals surface area contributed by atoms with Gasteiger partial charge in [0.25, 0.3) is 11.8 Å². The molecule has 0 spiro atoms. The summed E-state index contributed by atoms with van der Waals surface area (Å²) in [6.45, 7) is 1.61. The van der Waals surface area contributed by atoms with E-state index >= 15 is 0 Å². The highest BCUT2D eigenvalue weighted by Gasteiger charge is 2.38. The Hall–Kier alpha value is -4.97. The van der Waals surface area contributed by atoms with Crippen LogP contribution in [0.15, 0.2) is 84.9 Å². The van der Waals surface area contributed by atoms with Gasteiger partial charge in [-0.1, -0.05) is 60.7 Å². The number of nitriles is 1. The third kappa shape index (κ3) is 6.00. The predicted octanol–water partition coefficient (Wildman–Crippen LogP) is 5.30. The molecular weight excluding hydrogens is 540 g/mol. The zero-order valence-corrected chi connectivity index (χ0v) is 24.0. The maximum absolute atomic E-state index is 13.5. The van der Waals surface area contributed by atoms with Crippen LogP contribution in [0.3, 0.4) is 0 Å². The SMILES string of the molecule is N#CC1(c2ccccc2)CCN(C(=O)c2cccc(-c3n[nH]c(C4CCCCN4C(=O)COc4ccccc4)n3)c2)CC1. The molecule has 2 aliphatic rings. The maximum atomic E-state index is 13.5. The van der Waals surface area contributed by atoms with E-state index in [-0.39, 0.29) is 24.5 Å². The number of aromatic nitrogens is 3. The number of ether oxygens (including phenoxy) is 1. The van der Waals surface area contributed by atoms with E-state index in [0.29, 0.717) is 55.4 Å². The fourth-order valence-corrected chi connectivity index (χ4v) is 6.10. The van der Waals surface area contributed by atoms with E-state index in [4.69, 9.17) is 9.72 Å². The summed E-state index contributed by atoms with van der Waals surface area (Å²) >= 11 is 0. The van der Waals surface area contributed by atoms with Crippen molar-refractivity contribution in [1.29, 1.82) is 5.26 Å². The molecule has 3 heterocycles. The molecule has 1 atom stereocenters. The van der Waals surface area contributed by atoms with Gasteiger partial charge in [-0.15, -0.1) is 0 Å². The number of benzene rings is 3. The highest BCUT2D eigenvalue weighted by atomic mass is 16.5. The zero-order chi connectivity index (χ0) is 29.6. The van der Waals surface area contributed by atoms with Gasteiger partial charge in [0, 0.05) is 30.8 Å². The van der Waals surface area contributed by atoms with Crippen LogP contribution in [0.1, 0.15) is 59.9 Å². The molecule has 9 nitrogen and oxygen atoms in total. The van der Waals surface area contributed by atoms with E-state index < -0.39 is 5.41 Å². The van der Waals surface area contributed by atoms with Crippen LogP contribution in [0, 0.1) is 11.3 Å². The number of para-hydroxylation sites is 1. The standard InChI is InChI=1S/C34H34N6O3/c35-24-34(27-12-3-1-4-13-27)17-20-39(21-18-34)33(42)26-11-9-10-25(22-26)31-36-32(38-37-31)29-16-7-8-19-40(29)30(41)23-43-28-14-5-2-6-15-28/h1-6,9-15,22,29H,7-8,16-21,23H2,(H,36,37,38). The Labute approximate surface area is 251 Å². The molecule has 218 valence electrons. The molecule has 2 aliphatic heterocycles. The lowest BCUT2D eigenvalue weighted by Crippen LogP contribution is -2.44. The Morgan fingerprint density at radius 1 is 0.953 bits per heavy atom. The lowest BCUT2D eigenvalue weighted by molar-refractivity contribution is -0.137. The zero-order valence-electron chi connectivity index (χ0n) is 24.0. The first kappa shape index (κ1) is 28.2. The summed E-state index contributed by atoms with van der Waals surface area (Å²) in [5, 5.41) is 17.5. The summed E-state index contributed by atoms with van der Waals surface area (Å²) in [7, 11) is 0. The van der Waals surface area contributed by atoms with Crippen LogP contribution in [0.5, 0.6) is 5.75 Å². The number of carbonyl (C=O) groups excluding carboxylic acids is 2. The molecule has 1 aromatic heterocycles. The minimum Gasteiger partial charge on any atom is -0.484 e. The number of rotatable bonds is 7. The first-order chi connectivity index (χ1) is 21.1. The highest BCUT2D eigenvalue weighted by molar-refractivity contribution is 5.95. The number of carbonyl (C=O) groups is 2. The molecule has 0 saturated carbocycles. The van der Waals surface area contributed by atoms with Crippen molar-refractivity contribution in [3.8, 4) is 23.2 Å². The van der Waals surface area contributed by atoms with Crippen molar-refractivity contribution in [3.63, 3.8) is 0 Å². The third-order valence-electron chi connectivity index (χ3n) is 8.56. The molecule has 0 radical (unpaired) electrons. The summed E-state index contributed by atoms with van der Waals surface area (Å²) in [5.41, 5.74) is 1.72. The number of H-pyrrole nitrogens is 1. The van der Waals surface area contributed by atoms with E-state index in [9.17, 15) is 14.9 Å². The van der Waals surface area contributed by atoms with Crippen molar-refractivity contribution in [2.45, 2.75) is 43.6 Å². The molecule has 2 saturated heterocycles. The molecule has 9 heteroatoms. The fourth-order valence-electron chi connectivity index (χ4n) is 6.10. The molecule has 0 bridgehead atoms. The molecule has 6 rings (SSSR count). The molecule has 43 heavy (non-hydrogen) atoms. The Balaban J connectivity index is 1.13. The summed E-state index contributed by atoms with van der Waals surface area (Å²) < 4.78 is 5.72. The first-order valence-corrected chi connectivity index (χ1v) is 14.8. The molecular formula is C34H34N6O3. The molecule has 4 aromatic rings. The van der Waals surface area contributed by atoms with Crippen LogP contribution < -0.4 is 4.74 Å². The number of nitrogens with one attached hydrogen (secondary N) is 1. The van der Waals surface area contributed by atoms with Crippen LogP contribution >= 0.6 is 0 Å². The number of hydrogen-bond donors (Lipinski definition) is 1. The lowest BCUT2D eigenvalue weighted by Gasteiger charge is -2.37. The number of amides is 2. The number of hydrogen-bond acceptors (Lipinski definition) is 6. The maximum Gasteiger partial charge on any atom is 0.261 e. The number of piperidine rings is 2. The lowest BCUT2D eigenvalue weighted by atomic mass is 9.74. The average molecular weight is 575 g/mol. The smallest absolute Gasteiger partial charge is 0.261 e. The van der Waals surface area contributed by atoms with Crippen molar-refractivity contribution in [3.05, 3.63) is 102 Å². The molecule has 3 aromatic carbocycles. The van der Waals surface area contributed by atoms with E-state index in [2.05, 4.69) is 16.3 Å². The monoisotopic (exact) mass is 574 g/mol. The van der Waals surface area contributed by atoms with E-state index in [1.807, 2.05) is 88.7 Å². The topological polar surface area (TPSA) is 115 Å². The summed E-state index contributed by atoms with van der Waals surface area (Å²) in [5.74, 6) is 1.61. The van der Waals surface area contributed by atoms with Crippen molar-refractivity contribution in [1.82, 2.24) is 25.0 Å². The molecule has 0 aliphatic carbocycles. The molecule has 1 N–H and O–H groups in total. The van der Waals surface area contributed by atoms with Gasteiger partial charge < -0.3 is 14.5 Å². The summed E-state index contributed by atoms with van der Waals surface area (Å²) in [4.78, 5) is 35.0. The third-order valence-corrected chi connectivity index (χ3v) is 8.56. The van der Waals surface area contributed by atoms with Gasteiger partial charge in [0.2, 0.25) is 0 Å². The Morgan fingerprint density at radius 2 is 1.70 bits per heavy atom. The van der Waals surface area contributed by atoms with Gasteiger partial charge in [-0.3, -0.25) is 14.7 Å². The molecule has 2 amide bonds. The average Bonchev–Trinajstić information content (AvgIpc) is 3.58. The quantitative estimate of drug-likeness (QED) is 0.320. The van der Waals surface area contributed by atoms with E-state index in [0.717, 1.165) is 30.4 Å². The van der Waals surface area contributed by atoms with Crippen molar-refractivity contribution < 1.29 is 14.3 Å². The van der Waals surface area contributed by atoms with Gasteiger partial charge >= 0.3 is 0 Å². The number of aromatic amines is 1. The van der Waals surface area contributed by atoms with Gasteiger partial charge in [-0.25, -0.2) is 4.98 Å². The first-order valence-electron chi connectivity index (χ1n) is 14.8. The van der Waals surface area contributed by atoms with Crippen LogP contribution in [-0.2, 0) is 10.2 Å². The van der Waals surface area contributed by atoms with Gasteiger partial charge in [0.1, 0.15) is 11.6 Å². The highest BCUT2D eigenvalue weighted by Crippen LogP contribution is 2.35. The second-order valence-electron chi connectivity index (χ2n) is 11.2. The predicted molar refractivity (Wildman–Crippen MR) is 161 cm³/mol. The normalized spacial score (nSPS) is 18.1. The Morgan fingerprint density at radius 3 is 2.44 bits per heavy atom. The van der Waals surface area contributed by atoms with Gasteiger partial charge in [-0.2, -0.15) is 10.4 Å². The molecule has 1 unspecified atom stereocenters. The van der Waals surface area contributed by atoms with Crippen LogP contribution in [0.4, 0.5) is 0 Å². The Kier molecular flexibility index (Phi) is 8.18. The fraction of sp³-hybridized carbons (Fsp3) is 0.324. The van der Waals surface area contributed by atoms with Crippen molar-refractivity contribution in [2.75, 3.05) is 26.2 Å². The second kappa shape index (κ2) is 12.5. The largest absolute Gasteiger partial charge is 0.484 e. The van der Waals surface area contributed by atoms with Crippen LogP contribution in [0.2, 0.25) is 0 Å². The Bertz CT molecular complexity index is 1610. The van der Waals surface area contributed by atoms with Gasteiger partial charge in [0.05, 0.1) is 17.5 Å². The van der Waals surface area contributed by atoms with Crippen molar-refractivity contribution in [2.24, 2.45) is 0 Å². The summed E-state index contributed by atoms with van der Waals surface area (Å²) in [6.07, 6.45) is 3.88.